The van der Waals surface area contributed by atoms with E-state index in [1.54, 1.807) is 33.9 Å². The Morgan fingerprint density at radius 1 is 0.800 bits per heavy atom. The Morgan fingerprint density at radius 2 is 1.20 bits per heavy atom. The summed E-state index contributed by atoms with van der Waals surface area (Å²) in [6.45, 7) is 3.65. The highest BCUT2D eigenvalue weighted by Crippen LogP contribution is 2.36. The van der Waals surface area contributed by atoms with Gasteiger partial charge in [0.15, 0.2) is 0 Å². The summed E-state index contributed by atoms with van der Waals surface area (Å²) in [7, 11) is 0. The second-order valence-electron chi connectivity index (χ2n) is 4.49. The molecule has 0 aliphatic heterocycles. The molecule has 102 valence electrons. The minimum Gasteiger partial charge on any atom is -0.506 e. The van der Waals surface area contributed by atoms with Gasteiger partial charge in [-0.25, -0.2) is 9.97 Å². The van der Waals surface area contributed by atoms with E-state index in [0.29, 0.717) is 23.0 Å². The van der Waals surface area contributed by atoms with Gasteiger partial charge in [-0.05, 0) is 26.0 Å². The Kier molecular flexibility index (Phi) is 2.71. The molecule has 0 aliphatic rings. The van der Waals surface area contributed by atoms with Crippen molar-refractivity contribution >= 4 is 0 Å². The van der Waals surface area contributed by atoms with Crippen molar-refractivity contribution < 1.29 is 10.2 Å². The number of phenolic OH excluding ortho intramolecular Hbond substituents is 2. The normalized spacial score (nSPS) is 10.9. The number of phenols is 2. The number of hydrogen-bond donors (Lipinski definition) is 2. The van der Waals surface area contributed by atoms with Crippen LogP contribution in [0.15, 0.2) is 36.9 Å². The summed E-state index contributed by atoms with van der Waals surface area (Å²) in [6, 6.07) is 2.92. The topological polar surface area (TPSA) is 76.1 Å². The Morgan fingerprint density at radius 3 is 1.50 bits per heavy atom. The average Bonchev–Trinajstić information content (AvgIpc) is 3.01. The summed E-state index contributed by atoms with van der Waals surface area (Å²) in [4.78, 5) is 8.31. The van der Waals surface area contributed by atoms with Crippen molar-refractivity contribution in [2.45, 2.75) is 13.8 Å². The van der Waals surface area contributed by atoms with Crippen LogP contribution in [0.2, 0.25) is 0 Å². The minimum absolute atomic E-state index is 0.0620. The molecule has 0 bridgehead atoms. The fourth-order valence-electron chi connectivity index (χ4n) is 2.26. The van der Waals surface area contributed by atoms with Crippen molar-refractivity contribution in [1.82, 2.24) is 19.1 Å². The molecule has 3 rings (SSSR count). The van der Waals surface area contributed by atoms with Crippen LogP contribution < -0.4 is 0 Å². The minimum atomic E-state index is 0.0620. The number of aromatic nitrogens is 4. The highest BCUT2D eigenvalue weighted by Gasteiger charge is 2.18. The quantitative estimate of drug-likeness (QED) is 0.699. The first kappa shape index (κ1) is 12.3. The van der Waals surface area contributed by atoms with E-state index in [9.17, 15) is 10.2 Å². The van der Waals surface area contributed by atoms with Crippen molar-refractivity contribution in [3.8, 4) is 22.9 Å². The van der Waals surface area contributed by atoms with Gasteiger partial charge in [-0.2, -0.15) is 0 Å². The van der Waals surface area contributed by atoms with Gasteiger partial charge in [0.1, 0.15) is 34.5 Å². The summed E-state index contributed by atoms with van der Waals surface area (Å²) in [5.74, 6) is 1.55. The van der Waals surface area contributed by atoms with Gasteiger partial charge >= 0.3 is 0 Å². The summed E-state index contributed by atoms with van der Waals surface area (Å²) in [5, 5.41) is 20.4. The smallest absolute Gasteiger partial charge is 0.142 e. The highest BCUT2D eigenvalue weighted by molar-refractivity contribution is 5.67. The van der Waals surface area contributed by atoms with Gasteiger partial charge in [-0.3, -0.25) is 9.13 Å². The Bertz CT molecular complexity index is 708. The third-order valence-electron chi connectivity index (χ3n) is 3.24. The summed E-state index contributed by atoms with van der Waals surface area (Å²) in [5.41, 5.74) is 0.946. The first-order valence-electron chi connectivity index (χ1n) is 6.15. The van der Waals surface area contributed by atoms with Crippen LogP contribution in [0, 0.1) is 13.8 Å². The lowest BCUT2D eigenvalue weighted by atomic mass is 10.2. The van der Waals surface area contributed by atoms with E-state index in [1.165, 1.54) is 12.1 Å². The maximum atomic E-state index is 10.2. The summed E-state index contributed by atoms with van der Waals surface area (Å²) < 4.78 is 3.45. The molecule has 0 unspecified atom stereocenters. The predicted octanol–water partition coefficient (Wildman–Crippen LogP) is 2.09. The molecule has 0 fully saturated rings. The monoisotopic (exact) mass is 270 g/mol. The standard InChI is InChI=1S/C14H14N4O2/c1-9-15-5-7-17(9)13-11(19)3-4-12(20)14(13)18-8-6-16-10(18)2/h3-8,19-20H,1-2H3. The van der Waals surface area contributed by atoms with Crippen LogP contribution in [0.1, 0.15) is 11.6 Å². The molecular formula is C14H14N4O2. The van der Waals surface area contributed by atoms with Crippen LogP contribution >= 0.6 is 0 Å². The van der Waals surface area contributed by atoms with E-state index in [1.807, 2.05) is 13.8 Å². The maximum Gasteiger partial charge on any atom is 0.142 e. The van der Waals surface area contributed by atoms with E-state index in [4.69, 9.17) is 0 Å². The second-order valence-corrected chi connectivity index (χ2v) is 4.49. The fourth-order valence-corrected chi connectivity index (χ4v) is 2.26. The molecule has 0 aliphatic carbocycles. The summed E-state index contributed by atoms with van der Waals surface area (Å²) >= 11 is 0. The van der Waals surface area contributed by atoms with Gasteiger partial charge < -0.3 is 10.2 Å². The summed E-state index contributed by atoms with van der Waals surface area (Å²) in [6.07, 6.45) is 6.76. The highest BCUT2D eigenvalue weighted by atomic mass is 16.3. The molecule has 0 radical (unpaired) electrons. The van der Waals surface area contributed by atoms with Crippen molar-refractivity contribution in [3.05, 3.63) is 48.6 Å². The van der Waals surface area contributed by atoms with Gasteiger partial charge in [-0.1, -0.05) is 0 Å². The number of aryl methyl sites for hydroxylation is 2. The molecule has 0 amide bonds. The van der Waals surface area contributed by atoms with Gasteiger partial charge in [-0.15, -0.1) is 0 Å². The molecule has 20 heavy (non-hydrogen) atoms. The van der Waals surface area contributed by atoms with E-state index >= 15 is 0 Å². The predicted molar refractivity (Wildman–Crippen MR) is 73.5 cm³/mol. The first-order chi connectivity index (χ1) is 9.59. The zero-order chi connectivity index (χ0) is 14.3. The number of aromatic hydroxyl groups is 2. The second kappa shape index (κ2) is 4.41. The average molecular weight is 270 g/mol. The number of rotatable bonds is 2. The molecule has 0 spiro atoms. The maximum absolute atomic E-state index is 10.2. The Hall–Kier alpha value is -2.76. The lowest BCUT2D eigenvalue weighted by Crippen LogP contribution is -2.05. The van der Waals surface area contributed by atoms with E-state index in [0.717, 1.165) is 0 Å². The number of benzene rings is 1. The number of nitrogens with zero attached hydrogens (tertiary/aromatic N) is 4. The Balaban J connectivity index is 2.37. The third-order valence-corrected chi connectivity index (χ3v) is 3.24. The molecule has 1 aromatic carbocycles. The lowest BCUT2D eigenvalue weighted by molar-refractivity contribution is 0.454. The number of imidazole rings is 2. The first-order valence-corrected chi connectivity index (χ1v) is 6.15. The molecule has 6 nitrogen and oxygen atoms in total. The van der Waals surface area contributed by atoms with Crippen molar-refractivity contribution in [2.75, 3.05) is 0 Å². The molecular weight excluding hydrogens is 256 g/mol. The van der Waals surface area contributed by atoms with Gasteiger partial charge in [0, 0.05) is 24.8 Å². The van der Waals surface area contributed by atoms with Crippen LogP contribution in [0.3, 0.4) is 0 Å². The van der Waals surface area contributed by atoms with Crippen molar-refractivity contribution in [3.63, 3.8) is 0 Å². The lowest BCUT2D eigenvalue weighted by Gasteiger charge is -2.16. The Labute approximate surface area is 115 Å². The van der Waals surface area contributed by atoms with Crippen LogP contribution in [-0.4, -0.2) is 29.3 Å². The van der Waals surface area contributed by atoms with Gasteiger partial charge in [0.25, 0.3) is 0 Å². The van der Waals surface area contributed by atoms with Crippen LogP contribution in [0.4, 0.5) is 0 Å². The van der Waals surface area contributed by atoms with E-state index in [-0.39, 0.29) is 11.5 Å². The zero-order valence-electron chi connectivity index (χ0n) is 11.1. The van der Waals surface area contributed by atoms with E-state index < -0.39 is 0 Å². The third kappa shape index (κ3) is 1.73. The van der Waals surface area contributed by atoms with Crippen LogP contribution in [-0.2, 0) is 0 Å². The van der Waals surface area contributed by atoms with Crippen LogP contribution in [0.25, 0.3) is 11.4 Å². The molecule has 3 aromatic rings. The fraction of sp³-hybridized carbons (Fsp3) is 0.143. The molecule has 0 saturated carbocycles. The van der Waals surface area contributed by atoms with Gasteiger partial charge in [0.05, 0.1) is 0 Å². The molecule has 0 atom stereocenters. The largest absolute Gasteiger partial charge is 0.506 e. The van der Waals surface area contributed by atoms with E-state index in [2.05, 4.69) is 9.97 Å². The van der Waals surface area contributed by atoms with Crippen molar-refractivity contribution in [2.24, 2.45) is 0 Å². The van der Waals surface area contributed by atoms with Gasteiger partial charge in [0.2, 0.25) is 0 Å². The zero-order valence-corrected chi connectivity index (χ0v) is 11.1. The number of hydrogen-bond acceptors (Lipinski definition) is 4. The van der Waals surface area contributed by atoms with Crippen LogP contribution in [0.5, 0.6) is 11.5 Å². The molecule has 2 heterocycles. The molecule has 6 heteroatoms. The molecule has 2 aromatic heterocycles. The molecule has 2 N–H and O–H groups in total. The SMILES string of the molecule is Cc1nccn1-c1c(O)ccc(O)c1-n1ccnc1C. The molecule has 0 saturated heterocycles. The van der Waals surface area contributed by atoms with Crippen molar-refractivity contribution in [1.29, 1.82) is 0 Å².